The van der Waals surface area contributed by atoms with Gasteiger partial charge in [0.1, 0.15) is 0 Å². The third kappa shape index (κ3) is 4.20. The molecule has 0 radical (unpaired) electrons. The van der Waals surface area contributed by atoms with Crippen molar-refractivity contribution in [1.29, 1.82) is 0 Å². The average Bonchev–Trinajstić information content (AvgIpc) is 2.46. The fourth-order valence-electron chi connectivity index (χ4n) is 1.87. The third-order valence-corrected chi connectivity index (χ3v) is 2.82. The number of rotatable bonds is 6. The van der Waals surface area contributed by atoms with Crippen LogP contribution < -0.4 is 15.4 Å². The fraction of sp³-hybridized carbons (Fsp3) is 0.750. The summed E-state index contributed by atoms with van der Waals surface area (Å²) in [5.41, 5.74) is 0. The van der Waals surface area contributed by atoms with E-state index in [1.54, 1.807) is 7.11 Å². The van der Waals surface area contributed by atoms with E-state index in [0.29, 0.717) is 24.5 Å². The lowest BCUT2D eigenvalue weighted by Crippen LogP contribution is -2.31. The predicted octanol–water partition coefficient (Wildman–Crippen LogP) is 1.29. The Morgan fingerprint density at radius 2 is 2.16 bits per heavy atom. The first-order valence-electron chi connectivity index (χ1n) is 6.70. The van der Waals surface area contributed by atoms with Crippen molar-refractivity contribution in [3.05, 3.63) is 0 Å². The lowest BCUT2D eigenvalue weighted by Gasteiger charge is -2.23. The number of ether oxygens (including phenoxy) is 2. The molecule has 0 aliphatic carbocycles. The molecule has 2 heterocycles. The van der Waals surface area contributed by atoms with Crippen molar-refractivity contribution in [2.24, 2.45) is 0 Å². The van der Waals surface area contributed by atoms with Crippen LogP contribution in [0.25, 0.3) is 0 Å². The topological polar surface area (TPSA) is 81.2 Å². The maximum absolute atomic E-state index is 5.43. The maximum atomic E-state index is 5.43. The van der Waals surface area contributed by atoms with Crippen molar-refractivity contribution in [3.63, 3.8) is 0 Å². The number of methoxy groups -OCH3 is 1. The minimum absolute atomic E-state index is 0.250. The van der Waals surface area contributed by atoms with Crippen molar-refractivity contribution >= 4 is 11.9 Å². The second-order valence-corrected chi connectivity index (χ2v) is 4.45. The number of nitrogens with zero attached hydrogens (tertiary/aromatic N) is 3. The average molecular weight is 267 g/mol. The predicted molar refractivity (Wildman–Crippen MR) is 72.6 cm³/mol. The van der Waals surface area contributed by atoms with Gasteiger partial charge in [0.25, 0.3) is 0 Å². The second kappa shape index (κ2) is 7.08. The summed E-state index contributed by atoms with van der Waals surface area (Å²) >= 11 is 0. The Bertz CT molecular complexity index is 396. The fourth-order valence-corrected chi connectivity index (χ4v) is 1.87. The summed E-state index contributed by atoms with van der Waals surface area (Å²) in [7, 11) is 1.55. The molecule has 1 fully saturated rings. The van der Waals surface area contributed by atoms with E-state index in [-0.39, 0.29) is 6.04 Å². The molecule has 2 N–H and O–H groups in total. The van der Waals surface area contributed by atoms with Crippen molar-refractivity contribution in [1.82, 2.24) is 15.0 Å². The third-order valence-electron chi connectivity index (χ3n) is 2.82. The van der Waals surface area contributed by atoms with Crippen LogP contribution in [-0.2, 0) is 4.74 Å². The van der Waals surface area contributed by atoms with Gasteiger partial charge in [-0.1, -0.05) is 6.92 Å². The van der Waals surface area contributed by atoms with Crippen molar-refractivity contribution in [2.45, 2.75) is 32.2 Å². The number of hydrogen-bond acceptors (Lipinski definition) is 7. The van der Waals surface area contributed by atoms with E-state index in [9.17, 15) is 0 Å². The van der Waals surface area contributed by atoms with Gasteiger partial charge in [-0.05, 0) is 19.3 Å². The Morgan fingerprint density at radius 1 is 1.32 bits per heavy atom. The zero-order valence-corrected chi connectivity index (χ0v) is 11.5. The van der Waals surface area contributed by atoms with E-state index < -0.39 is 0 Å². The van der Waals surface area contributed by atoms with E-state index in [2.05, 4.69) is 32.5 Å². The molecule has 1 aliphatic heterocycles. The van der Waals surface area contributed by atoms with E-state index in [0.717, 1.165) is 32.4 Å². The normalized spacial score (nSPS) is 18.9. The van der Waals surface area contributed by atoms with Crippen molar-refractivity contribution < 1.29 is 9.47 Å². The summed E-state index contributed by atoms with van der Waals surface area (Å²) in [6, 6.07) is 0.563. The van der Waals surface area contributed by atoms with Gasteiger partial charge in [-0.2, -0.15) is 15.0 Å². The first-order valence-corrected chi connectivity index (χ1v) is 6.70. The highest BCUT2D eigenvalue weighted by Gasteiger charge is 2.16. The van der Waals surface area contributed by atoms with Crippen molar-refractivity contribution in [2.75, 3.05) is 37.5 Å². The molecule has 1 unspecified atom stereocenters. The molecular formula is C12H21N5O2. The van der Waals surface area contributed by atoms with Gasteiger partial charge >= 0.3 is 6.01 Å². The summed E-state index contributed by atoms with van der Waals surface area (Å²) in [6.07, 6.45) is 3.12. The summed E-state index contributed by atoms with van der Waals surface area (Å²) < 4.78 is 10.5. The monoisotopic (exact) mass is 267 g/mol. The summed E-state index contributed by atoms with van der Waals surface area (Å²) in [5, 5.41) is 6.40. The number of aromatic nitrogens is 3. The highest BCUT2D eigenvalue weighted by atomic mass is 16.5. The van der Waals surface area contributed by atoms with Gasteiger partial charge in [-0.15, -0.1) is 0 Å². The minimum Gasteiger partial charge on any atom is -0.467 e. The van der Waals surface area contributed by atoms with Crippen LogP contribution in [-0.4, -0.2) is 47.9 Å². The molecule has 7 nitrogen and oxygen atoms in total. The molecule has 1 atom stereocenters. The first-order chi connectivity index (χ1) is 9.31. The van der Waals surface area contributed by atoms with Crippen LogP contribution in [0.2, 0.25) is 0 Å². The maximum Gasteiger partial charge on any atom is 0.322 e. The Morgan fingerprint density at radius 3 is 2.84 bits per heavy atom. The number of nitrogens with one attached hydrogen (secondary N) is 2. The van der Waals surface area contributed by atoms with Crippen LogP contribution in [0, 0.1) is 0 Å². The molecule has 0 spiro atoms. The lowest BCUT2D eigenvalue weighted by molar-refractivity contribution is 0.0873. The molecule has 1 aliphatic rings. The van der Waals surface area contributed by atoms with Gasteiger partial charge in [0.2, 0.25) is 11.9 Å². The molecule has 19 heavy (non-hydrogen) atoms. The molecule has 0 amide bonds. The number of hydrogen-bond donors (Lipinski definition) is 2. The van der Waals surface area contributed by atoms with Crippen molar-refractivity contribution in [3.8, 4) is 6.01 Å². The SMILES string of the molecule is CCCNc1nc(NC2CCCOC2)nc(OC)n1. The van der Waals surface area contributed by atoms with E-state index >= 15 is 0 Å². The molecule has 0 bridgehead atoms. The van der Waals surface area contributed by atoms with Gasteiger partial charge in [0.05, 0.1) is 19.8 Å². The van der Waals surface area contributed by atoms with Gasteiger partial charge in [0.15, 0.2) is 0 Å². The molecule has 2 rings (SSSR count). The largest absolute Gasteiger partial charge is 0.467 e. The number of anilines is 2. The van der Waals surface area contributed by atoms with Crippen LogP contribution in [0.5, 0.6) is 6.01 Å². The Kier molecular flexibility index (Phi) is 5.14. The van der Waals surface area contributed by atoms with Crippen LogP contribution >= 0.6 is 0 Å². The Balaban J connectivity index is 2.04. The molecule has 106 valence electrons. The van der Waals surface area contributed by atoms with Crippen LogP contribution in [0.4, 0.5) is 11.9 Å². The van der Waals surface area contributed by atoms with E-state index in [4.69, 9.17) is 9.47 Å². The van der Waals surface area contributed by atoms with E-state index in [1.807, 2.05) is 0 Å². The van der Waals surface area contributed by atoms with E-state index in [1.165, 1.54) is 0 Å². The molecule has 1 saturated heterocycles. The molecule has 0 saturated carbocycles. The van der Waals surface area contributed by atoms with Crippen LogP contribution in [0.15, 0.2) is 0 Å². The van der Waals surface area contributed by atoms with Crippen LogP contribution in [0.3, 0.4) is 0 Å². The lowest BCUT2D eigenvalue weighted by atomic mass is 10.1. The molecule has 7 heteroatoms. The highest BCUT2D eigenvalue weighted by molar-refractivity contribution is 5.36. The first kappa shape index (κ1) is 13.8. The summed E-state index contributed by atoms with van der Waals surface area (Å²) in [4.78, 5) is 12.7. The zero-order chi connectivity index (χ0) is 13.5. The Labute approximate surface area is 113 Å². The summed E-state index contributed by atoms with van der Waals surface area (Å²) in [5.74, 6) is 1.06. The molecule has 1 aromatic heterocycles. The molecular weight excluding hydrogens is 246 g/mol. The zero-order valence-electron chi connectivity index (χ0n) is 11.5. The standard InChI is InChI=1S/C12H21N5O2/c1-3-6-13-10-15-11(17-12(16-10)18-2)14-9-5-4-7-19-8-9/h9H,3-8H2,1-2H3,(H2,13,14,15,16,17). The highest BCUT2D eigenvalue weighted by Crippen LogP contribution is 2.15. The molecule has 0 aromatic carbocycles. The van der Waals surface area contributed by atoms with Crippen LogP contribution in [0.1, 0.15) is 26.2 Å². The minimum atomic E-state index is 0.250. The quantitative estimate of drug-likeness (QED) is 0.803. The second-order valence-electron chi connectivity index (χ2n) is 4.45. The molecule has 1 aromatic rings. The van der Waals surface area contributed by atoms with Gasteiger partial charge in [0, 0.05) is 13.2 Å². The van der Waals surface area contributed by atoms with Gasteiger partial charge in [-0.25, -0.2) is 0 Å². The smallest absolute Gasteiger partial charge is 0.322 e. The Hall–Kier alpha value is -1.63. The van der Waals surface area contributed by atoms with Gasteiger partial charge in [-0.3, -0.25) is 0 Å². The summed E-state index contributed by atoms with van der Waals surface area (Å²) in [6.45, 7) is 4.43. The van der Waals surface area contributed by atoms with Gasteiger partial charge < -0.3 is 20.1 Å².